The SMILES string of the molecule is CN(C)C(=O)COC[C@H]1CN(Cc2cc[nH]c2)CC(C)(C)O1. The number of morpholine rings is 1. The summed E-state index contributed by atoms with van der Waals surface area (Å²) in [6.45, 7) is 7.31. The van der Waals surface area contributed by atoms with Gasteiger partial charge in [0.1, 0.15) is 6.61 Å². The number of ether oxygens (including phenoxy) is 2. The molecular formula is C16H27N3O3. The Morgan fingerprint density at radius 1 is 1.55 bits per heavy atom. The highest BCUT2D eigenvalue weighted by molar-refractivity contribution is 5.76. The van der Waals surface area contributed by atoms with E-state index >= 15 is 0 Å². The molecule has 1 amide bonds. The second-order valence-electron chi connectivity index (χ2n) is 6.69. The number of nitrogens with zero attached hydrogens (tertiary/aromatic N) is 2. The van der Waals surface area contributed by atoms with Crippen molar-refractivity contribution in [1.29, 1.82) is 0 Å². The van der Waals surface area contributed by atoms with Crippen LogP contribution in [0, 0.1) is 0 Å². The molecule has 1 saturated heterocycles. The number of amides is 1. The van der Waals surface area contributed by atoms with Gasteiger partial charge in [0.05, 0.1) is 18.3 Å². The van der Waals surface area contributed by atoms with Crippen molar-refractivity contribution in [3.8, 4) is 0 Å². The molecule has 6 nitrogen and oxygen atoms in total. The van der Waals surface area contributed by atoms with Gasteiger partial charge in [-0.1, -0.05) is 0 Å². The topological polar surface area (TPSA) is 57.8 Å². The van der Waals surface area contributed by atoms with Gasteiger partial charge in [-0.15, -0.1) is 0 Å². The highest BCUT2D eigenvalue weighted by Gasteiger charge is 2.33. The van der Waals surface area contributed by atoms with Crippen molar-refractivity contribution >= 4 is 5.91 Å². The number of carbonyl (C=O) groups is 1. The summed E-state index contributed by atoms with van der Waals surface area (Å²) < 4.78 is 11.6. The molecule has 124 valence electrons. The van der Waals surface area contributed by atoms with Gasteiger partial charge in [-0.25, -0.2) is 0 Å². The maximum atomic E-state index is 11.5. The van der Waals surface area contributed by atoms with Crippen molar-refractivity contribution in [3.05, 3.63) is 24.0 Å². The predicted molar refractivity (Wildman–Crippen MR) is 84.5 cm³/mol. The first kappa shape index (κ1) is 17.0. The average molecular weight is 309 g/mol. The largest absolute Gasteiger partial charge is 0.369 e. The second kappa shape index (κ2) is 7.26. The van der Waals surface area contributed by atoms with E-state index in [1.165, 1.54) is 10.5 Å². The van der Waals surface area contributed by atoms with Crippen molar-refractivity contribution in [1.82, 2.24) is 14.8 Å². The zero-order chi connectivity index (χ0) is 16.2. The van der Waals surface area contributed by atoms with Crippen LogP contribution < -0.4 is 0 Å². The molecule has 6 heteroatoms. The molecule has 0 saturated carbocycles. The lowest BCUT2D eigenvalue weighted by Crippen LogP contribution is -2.53. The number of aromatic nitrogens is 1. The van der Waals surface area contributed by atoms with Crippen LogP contribution in [-0.2, 0) is 20.8 Å². The Hall–Kier alpha value is -1.37. The van der Waals surface area contributed by atoms with Crippen LogP contribution in [0.3, 0.4) is 0 Å². The monoisotopic (exact) mass is 309 g/mol. The normalized spacial score (nSPS) is 21.7. The smallest absolute Gasteiger partial charge is 0.248 e. The van der Waals surface area contributed by atoms with Crippen molar-refractivity contribution in [2.45, 2.75) is 32.1 Å². The van der Waals surface area contributed by atoms with Gasteiger partial charge in [0.2, 0.25) is 5.91 Å². The van der Waals surface area contributed by atoms with Crippen LogP contribution in [0.2, 0.25) is 0 Å². The molecule has 2 rings (SSSR count). The Morgan fingerprint density at radius 2 is 2.32 bits per heavy atom. The van der Waals surface area contributed by atoms with E-state index in [2.05, 4.69) is 29.8 Å². The molecule has 0 aliphatic carbocycles. The van der Waals surface area contributed by atoms with Crippen LogP contribution in [0.4, 0.5) is 0 Å². The molecule has 1 N–H and O–H groups in total. The summed E-state index contributed by atoms with van der Waals surface area (Å²) in [7, 11) is 3.45. The number of hydrogen-bond acceptors (Lipinski definition) is 4. The van der Waals surface area contributed by atoms with E-state index in [-0.39, 0.29) is 24.2 Å². The highest BCUT2D eigenvalue weighted by Crippen LogP contribution is 2.22. The Kier molecular flexibility index (Phi) is 5.61. The molecule has 1 fully saturated rings. The Bertz CT molecular complexity index is 471. The van der Waals surface area contributed by atoms with Crippen LogP contribution >= 0.6 is 0 Å². The van der Waals surface area contributed by atoms with Gasteiger partial charge in [0, 0.05) is 46.1 Å². The molecule has 2 heterocycles. The fourth-order valence-electron chi connectivity index (χ4n) is 2.75. The van der Waals surface area contributed by atoms with Gasteiger partial charge >= 0.3 is 0 Å². The molecule has 0 bridgehead atoms. The molecule has 22 heavy (non-hydrogen) atoms. The Balaban J connectivity index is 1.84. The summed E-state index contributed by atoms with van der Waals surface area (Å²) in [5, 5.41) is 0. The minimum absolute atomic E-state index is 0.0161. The zero-order valence-corrected chi connectivity index (χ0v) is 14.0. The first-order valence-electron chi connectivity index (χ1n) is 7.65. The van der Waals surface area contributed by atoms with Gasteiger partial charge in [0.25, 0.3) is 0 Å². The van der Waals surface area contributed by atoms with Crippen LogP contribution in [0.25, 0.3) is 0 Å². The molecule has 0 spiro atoms. The number of H-pyrrole nitrogens is 1. The van der Waals surface area contributed by atoms with Crippen LogP contribution in [0.15, 0.2) is 18.5 Å². The lowest BCUT2D eigenvalue weighted by Gasteiger charge is -2.42. The number of nitrogens with one attached hydrogen (secondary N) is 1. The quantitative estimate of drug-likeness (QED) is 0.855. The van der Waals surface area contributed by atoms with Gasteiger partial charge in [-0.2, -0.15) is 0 Å². The third-order valence-electron chi connectivity index (χ3n) is 3.65. The van der Waals surface area contributed by atoms with Gasteiger partial charge < -0.3 is 19.4 Å². The van der Waals surface area contributed by atoms with E-state index in [4.69, 9.17) is 9.47 Å². The van der Waals surface area contributed by atoms with Gasteiger partial charge in [-0.3, -0.25) is 9.69 Å². The summed E-state index contributed by atoms with van der Waals surface area (Å²) in [5.41, 5.74) is 1.05. The summed E-state index contributed by atoms with van der Waals surface area (Å²) in [6, 6.07) is 2.09. The van der Waals surface area contributed by atoms with Crippen molar-refractivity contribution in [3.63, 3.8) is 0 Å². The van der Waals surface area contributed by atoms with Gasteiger partial charge in [0.15, 0.2) is 0 Å². The number of likely N-dealkylation sites (N-methyl/N-ethyl adjacent to an activating group) is 1. The summed E-state index contributed by atoms with van der Waals surface area (Å²) in [5.74, 6) is -0.0285. The highest BCUT2D eigenvalue weighted by atomic mass is 16.5. The summed E-state index contributed by atoms with van der Waals surface area (Å²) >= 11 is 0. The molecule has 0 unspecified atom stereocenters. The minimum atomic E-state index is -0.214. The van der Waals surface area contributed by atoms with E-state index in [0.717, 1.165) is 19.6 Å². The van der Waals surface area contributed by atoms with E-state index in [0.29, 0.717) is 6.61 Å². The fourth-order valence-corrected chi connectivity index (χ4v) is 2.75. The van der Waals surface area contributed by atoms with E-state index in [1.807, 2.05) is 12.4 Å². The Morgan fingerprint density at radius 3 is 2.95 bits per heavy atom. The number of carbonyl (C=O) groups excluding carboxylic acids is 1. The van der Waals surface area contributed by atoms with E-state index in [9.17, 15) is 4.79 Å². The number of hydrogen-bond donors (Lipinski definition) is 1. The standard InChI is InChI=1S/C16H27N3O3/c1-16(2)12-19(8-13-5-6-17-7-13)9-14(22-16)10-21-11-15(20)18(3)4/h5-7,14,17H,8-12H2,1-4H3/t14-/m1/s1. The molecule has 0 aromatic carbocycles. The number of rotatable bonds is 6. The fraction of sp³-hybridized carbons (Fsp3) is 0.688. The average Bonchev–Trinajstić information content (AvgIpc) is 2.89. The predicted octanol–water partition coefficient (Wildman–Crippen LogP) is 1.10. The molecule has 1 aliphatic heterocycles. The van der Waals surface area contributed by atoms with Crippen LogP contribution in [0.1, 0.15) is 19.4 Å². The minimum Gasteiger partial charge on any atom is -0.369 e. The molecular weight excluding hydrogens is 282 g/mol. The molecule has 1 aromatic rings. The summed E-state index contributed by atoms with van der Waals surface area (Å²) in [4.78, 5) is 18.5. The van der Waals surface area contributed by atoms with Crippen molar-refractivity contribution < 1.29 is 14.3 Å². The molecule has 0 radical (unpaired) electrons. The first-order chi connectivity index (χ1) is 10.4. The zero-order valence-electron chi connectivity index (χ0n) is 14.0. The van der Waals surface area contributed by atoms with Gasteiger partial charge in [-0.05, 0) is 25.5 Å². The maximum absolute atomic E-state index is 11.5. The molecule has 1 aromatic heterocycles. The number of aromatic amines is 1. The van der Waals surface area contributed by atoms with Crippen molar-refractivity contribution in [2.75, 3.05) is 40.4 Å². The first-order valence-corrected chi connectivity index (χ1v) is 7.65. The maximum Gasteiger partial charge on any atom is 0.248 e. The van der Waals surface area contributed by atoms with Crippen molar-refractivity contribution in [2.24, 2.45) is 0 Å². The van der Waals surface area contributed by atoms with Crippen LogP contribution in [-0.4, -0.2) is 72.8 Å². The molecule has 1 atom stereocenters. The lowest BCUT2D eigenvalue weighted by atomic mass is 10.0. The van der Waals surface area contributed by atoms with E-state index in [1.54, 1.807) is 14.1 Å². The third-order valence-corrected chi connectivity index (χ3v) is 3.65. The third kappa shape index (κ3) is 5.12. The Labute approximate surface area is 132 Å². The summed E-state index contributed by atoms with van der Waals surface area (Å²) in [6.07, 6.45) is 3.94. The lowest BCUT2D eigenvalue weighted by molar-refractivity contribution is -0.161. The van der Waals surface area contributed by atoms with Crippen LogP contribution in [0.5, 0.6) is 0 Å². The van der Waals surface area contributed by atoms with E-state index < -0.39 is 0 Å². The molecule has 1 aliphatic rings. The second-order valence-corrected chi connectivity index (χ2v) is 6.69.